The number of carbonyl (C=O) groups excluding carboxylic acids is 3. The Morgan fingerprint density at radius 3 is 2.52 bits per heavy atom. The van der Waals surface area contributed by atoms with Crippen LogP contribution < -0.4 is 9.64 Å². The molecule has 2 fully saturated rings. The van der Waals surface area contributed by atoms with Crippen LogP contribution >= 0.6 is 0 Å². The maximum Gasteiger partial charge on any atom is 0.246 e. The first-order valence-electron chi connectivity index (χ1n) is 10.5. The summed E-state index contributed by atoms with van der Waals surface area (Å²) in [7, 11) is 1.59. The average Bonchev–Trinajstić information content (AvgIpc) is 3.14. The number of benzene rings is 2. The van der Waals surface area contributed by atoms with Gasteiger partial charge in [0.15, 0.2) is 0 Å². The second kappa shape index (κ2) is 8.79. The van der Waals surface area contributed by atoms with Crippen molar-refractivity contribution in [2.45, 2.75) is 25.3 Å². The molecule has 0 spiro atoms. The minimum atomic E-state index is -0.187. The van der Waals surface area contributed by atoms with Gasteiger partial charge >= 0.3 is 0 Å². The van der Waals surface area contributed by atoms with Crippen LogP contribution in [0, 0.1) is 0 Å². The summed E-state index contributed by atoms with van der Waals surface area (Å²) < 4.78 is 5.26. The lowest BCUT2D eigenvalue weighted by Crippen LogP contribution is -2.58. The molecule has 162 valence electrons. The lowest BCUT2D eigenvalue weighted by molar-refractivity contribution is -0.141. The van der Waals surface area contributed by atoms with Crippen LogP contribution in [-0.2, 0) is 14.4 Å². The van der Waals surface area contributed by atoms with E-state index >= 15 is 0 Å². The van der Waals surface area contributed by atoms with Gasteiger partial charge in [0, 0.05) is 37.2 Å². The van der Waals surface area contributed by atoms with Gasteiger partial charge in [-0.2, -0.15) is 0 Å². The first-order valence-corrected chi connectivity index (χ1v) is 10.5. The standard InChI is InChI=1S/C24H27N3O4/c1-17-13-25(16-24(30)27(17)20-9-6-10-21(12-20)31-2)23(29)15-26-14-19(11-22(26)28)18-7-4-3-5-8-18/h3-10,12,17,19H,11,13-16H2,1-2H3. The van der Waals surface area contributed by atoms with E-state index in [4.69, 9.17) is 4.74 Å². The molecule has 7 heteroatoms. The summed E-state index contributed by atoms with van der Waals surface area (Å²) in [6.45, 7) is 2.89. The highest BCUT2D eigenvalue weighted by atomic mass is 16.5. The van der Waals surface area contributed by atoms with E-state index in [1.54, 1.807) is 21.8 Å². The number of nitrogens with zero attached hydrogens (tertiary/aromatic N) is 3. The van der Waals surface area contributed by atoms with Crippen LogP contribution in [0.2, 0.25) is 0 Å². The minimum absolute atomic E-state index is 0.00449. The molecule has 0 radical (unpaired) electrons. The van der Waals surface area contributed by atoms with E-state index in [-0.39, 0.29) is 42.8 Å². The third-order valence-corrected chi connectivity index (χ3v) is 6.02. The van der Waals surface area contributed by atoms with Gasteiger partial charge in [0.25, 0.3) is 0 Å². The highest BCUT2D eigenvalue weighted by Gasteiger charge is 2.36. The van der Waals surface area contributed by atoms with Crippen LogP contribution in [0.15, 0.2) is 54.6 Å². The molecule has 0 aliphatic carbocycles. The van der Waals surface area contributed by atoms with Crippen molar-refractivity contribution in [2.24, 2.45) is 0 Å². The Labute approximate surface area is 182 Å². The normalized spacial score (nSPS) is 21.5. The number of amides is 3. The Balaban J connectivity index is 1.39. The highest BCUT2D eigenvalue weighted by Crippen LogP contribution is 2.29. The summed E-state index contributed by atoms with van der Waals surface area (Å²) in [5.74, 6) is 0.433. The van der Waals surface area contributed by atoms with Gasteiger partial charge in [-0.05, 0) is 24.6 Å². The van der Waals surface area contributed by atoms with Gasteiger partial charge in [0.1, 0.15) is 12.3 Å². The topological polar surface area (TPSA) is 70.2 Å². The van der Waals surface area contributed by atoms with Crippen LogP contribution in [0.1, 0.15) is 24.8 Å². The predicted molar refractivity (Wildman–Crippen MR) is 117 cm³/mol. The van der Waals surface area contributed by atoms with Gasteiger partial charge in [-0.3, -0.25) is 14.4 Å². The maximum atomic E-state index is 12.9. The third-order valence-electron chi connectivity index (χ3n) is 6.02. The first-order chi connectivity index (χ1) is 15.0. The van der Waals surface area contributed by atoms with Crippen molar-refractivity contribution in [1.82, 2.24) is 9.80 Å². The molecule has 2 unspecified atom stereocenters. The van der Waals surface area contributed by atoms with Crippen molar-refractivity contribution in [3.8, 4) is 5.75 Å². The fourth-order valence-corrected chi connectivity index (χ4v) is 4.44. The SMILES string of the molecule is COc1cccc(N2C(=O)CN(C(=O)CN3CC(c4ccccc4)CC3=O)CC2C)c1. The van der Waals surface area contributed by atoms with E-state index in [2.05, 4.69) is 0 Å². The zero-order valence-corrected chi connectivity index (χ0v) is 17.9. The second-order valence-electron chi connectivity index (χ2n) is 8.17. The minimum Gasteiger partial charge on any atom is -0.497 e. The Hall–Kier alpha value is -3.35. The van der Waals surface area contributed by atoms with Gasteiger partial charge in [-0.1, -0.05) is 36.4 Å². The van der Waals surface area contributed by atoms with Crippen LogP contribution in [-0.4, -0.2) is 66.9 Å². The molecule has 31 heavy (non-hydrogen) atoms. The molecule has 2 aromatic rings. The van der Waals surface area contributed by atoms with Crippen LogP contribution in [0.5, 0.6) is 5.75 Å². The van der Waals surface area contributed by atoms with Crippen molar-refractivity contribution in [1.29, 1.82) is 0 Å². The first kappa shape index (κ1) is 20.9. The molecule has 0 aromatic heterocycles. The second-order valence-corrected chi connectivity index (χ2v) is 8.17. The molecule has 0 N–H and O–H groups in total. The Bertz CT molecular complexity index is 978. The molecule has 3 amide bonds. The molecule has 2 heterocycles. The van der Waals surface area contributed by atoms with E-state index in [0.717, 1.165) is 11.3 Å². The van der Waals surface area contributed by atoms with Crippen molar-refractivity contribution < 1.29 is 19.1 Å². The van der Waals surface area contributed by atoms with Crippen molar-refractivity contribution >= 4 is 23.4 Å². The quantitative estimate of drug-likeness (QED) is 0.743. The molecular weight excluding hydrogens is 394 g/mol. The van der Waals surface area contributed by atoms with Gasteiger partial charge in [-0.25, -0.2) is 0 Å². The number of piperazine rings is 1. The van der Waals surface area contributed by atoms with Crippen molar-refractivity contribution in [2.75, 3.05) is 38.2 Å². The monoisotopic (exact) mass is 421 g/mol. The number of methoxy groups -OCH3 is 1. The number of hydrogen-bond donors (Lipinski definition) is 0. The molecule has 0 bridgehead atoms. The summed E-state index contributed by atoms with van der Waals surface area (Å²) in [5.41, 5.74) is 1.87. The molecule has 2 aliphatic heterocycles. The largest absolute Gasteiger partial charge is 0.497 e. The van der Waals surface area contributed by atoms with Crippen LogP contribution in [0.4, 0.5) is 5.69 Å². The maximum absolute atomic E-state index is 12.9. The van der Waals surface area contributed by atoms with Crippen molar-refractivity contribution in [3.63, 3.8) is 0 Å². The number of carbonyl (C=O) groups is 3. The van der Waals surface area contributed by atoms with Crippen LogP contribution in [0.25, 0.3) is 0 Å². The van der Waals surface area contributed by atoms with Gasteiger partial charge in [-0.15, -0.1) is 0 Å². The predicted octanol–water partition coefficient (Wildman–Crippen LogP) is 2.27. The summed E-state index contributed by atoms with van der Waals surface area (Å²) >= 11 is 0. The summed E-state index contributed by atoms with van der Waals surface area (Å²) in [6, 6.07) is 17.1. The third kappa shape index (κ3) is 4.40. The van der Waals surface area contributed by atoms with E-state index in [1.165, 1.54) is 0 Å². The summed E-state index contributed by atoms with van der Waals surface area (Å²) in [6.07, 6.45) is 0.413. The number of anilines is 1. The van der Waals surface area contributed by atoms with E-state index in [0.29, 0.717) is 25.3 Å². The molecule has 2 aromatic carbocycles. The van der Waals surface area contributed by atoms with Gasteiger partial charge in [0.2, 0.25) is 17.7 Å². The smallest absolute Gasteiger partial charge is 0.246 e. The Morgan fingerprint density at radius 2 is 1.81 bits per heavy atom. The number of likely N-dealkylation sites (tertiary alicyclic amines) is 1. The van der Waals surface area contributed by atoms with Crippen molar-refractivity contribution in [3.05, 3.63) is 60.2 Å². The zero-order chi connectivity index (χ0) is 22.0. The van der Waals surface area contributed by atoms with E-state index < -0.39 is 0 Å². The molecular formula is C24H27N3O4. The summed E-state index contributed by atoms with van der Waals surface area (Å²) in [5, 5.41) is 0. The van der Waals surface area contributed by atoms with E-state index in [9.17, 15) is 14.4 Å². The van der Waals surface area contributed by atoms with Crippen LogP contribution in [0.3, 0.4) is 0 Å². The van der Waals surface area contributed by atoms with E-state index in [1.807, 2.05) is 61.5 Å². The Kier molecular flexibility index (Phi) is 5.93. The molecule has 4 rings (SSSR count). The highest BCUT2D eigenvalue weighted by molar-refractivity contribution is 5.99. The number of rotatable bonds is 5. The fourth-order valence-electron chi connectivity index (χ4n) is 4.44. The summed E-state index contributed by atoms with van der Waals surface area (Å²) in [4.78, 5) is 43.1. The number of ether oxygens (including phenoxy) is 1. The fraction of sp³-hybridized carbons (Fsp3) is 0.375. The average molecular weight is 421 g/mol. The molecule has 0 saturated carbocycles. The van der Waals surface area contributed by atoms with Gasteiger partial charge in [0.05, 0.1) is 19.7 Å². The molecule has 7 nitrogen and oxygen atoms in total. The lowest BCUT2D eigenvalue weighted by Gasteiger charge is -2.40. The lowest BCUT2D eigenvalue weighted by atomic mass is 9.99. The Morgan fingerprint density at radius 1 is 1.03 bits per heavy atom. The molecule has 2 aliphatic rings. The molecule has 2 atom stereocenters. The zero-order valence-electron chi connectivity index (χ0n) is 17.9. The van der Waals surface area contributed by atoms with Gasteiger partial charge < -0.3 is 19.4 Å². The molecule has 2 saturated heterocycles. The number of hydrogen-bond acceptors (Lipinski definition) is 4.